The Labute approximate surface area is 145 Å². The predicted octanol–water partition coefficient (Wildman–Crippen LogP) is 2.30. The number of benzene rings is 2. The van der Waals surface area contributed by atoms with Gasteiger partial charge in [0.25, 0.3) is 0 Å². The van der Waals surface area contributed by atoms with Crippen LogP contribution in [0.4, 0.5) is 10.1 Å². The molecule has 0 saturated heterocycles. The summed E-state index contributed by atoms with van der Waals surface area (Å²) in [4.78, 5) is 11.8. The summed E-state index contributed by atoms with van der Waals surface area (Å²) in [5.74, 6) is -1.24. The number of carboxylic acid groups (broad SMARTS) is 1. The minimum absolute atomic E-state index is 0.0518. The van der Waals surface area contributed by atoms with Gasteiger partial charge in [0.15, 0.2) is 0 Å². The van der Waals surface area contributed by atoms with E-state index in [2.05, 4.69) is 0 Å². The maximum atomic E-state index is 13.1. The van der Waals surface area contributed by atoms with Gasteiger partial charge in [-0.2, -0.15) is 0 Å². The number of aliphatic carboxylic acids is 1. The number of sulfonamides is 1. The Bertz CT molecular complexity index is 834. The molecule has 0 aliphatic carbocycles. The molecule has 0 amide bonds. The Kier molecular flexibility index (Phi) is 5.63. The Morgan fingerprint density at radius 1 is 1.16 bits per heavy atom. The van der Waals surface area contributed by atoms with E-state index in [1.807, 2.05) is 0 Å². The van der Waals surface area contributed by atoms with Crippen LogP contribution in [0.3, 0.4) is 0 Å². The van der Waals surface area contributed by atoms with Crippen LogP contribution in [0.25, 0.3) is 0 Å². The number of carboxylic acids is 1. The minimum atomic E-state index is -3.90. The summed E-state index contributed by atoms with van der Waals surface area (Å²) in [5.41, 5.74) is 0.716. The van der Waals surface area contributed by atoms with Crippen LogP contribution < -0.4 is 9.04 Å². The van der Waals surface area contributed by atoms with Gasteiger partial charge in [0.1, 0.15) is 17.6 Å². The van der Waals surface area contributed by atoms with Crippen molar-refractivity contribution in [3.8, 4) is 5.75 Å². The molecule has 0 aromatic heterocycles. The number of hydrogen-bond acceptors (Lipinski definition) is 4. The van der Waals surface area contributed by atoms with Gasteiger partial charge in [-0.15, -0.1) is 0 Å². The molecule has 25 heavy (non-hydrogen) atoms. The smallest absolute Gasteiger partial charge is 0.327 e. The summed E-state index contributed by atoms with van der Waals surface area (Å²) in [6.45, 7) is 0. The van der Waals surface area contributed by atoms with Gasteiger partial charge in [-0.3, -0.25) is 4.31 Å². The zero-order chi connectivity index (χ0) is 18.6. The molecule has 2 aromatic carbocycles. The van der Waals surface area contributed by atoms with Gasteiger partial charge in [0.05, 0.1) is 19.1 Å². The van der Waals surface area contributed by atoms with Crippen LogP contribution in [0.15, 0.2) is 48.5 Å². The van der Waals surface area contributed by atoms with Crippen LogP contribution in [-0.2, 0) is 21.2 Å². The molecule has 1 N–H and O–H groups in total. The highest BCUT2D eigenvalue weighted by Gasteiger charge is 2.32. The van der Waals surface area contributed by atoms with E-state index in [-0.39, 0.29) is 12.1 Å². The fraction of sp³-hybridized carbons (Fsp3) is 0.235. The van der Waals surface area contributed by atoms with E-state index in [0.717, 1.165) is 22.7 Å². The molecular formula is C17H18FNO5S. The van der Waals surface area contributed by atoms with Crippen LogP contribution in [0.1, 0.15) is 5.56 Å². The first kappa shape index (κ1) is 18.7. The quantitative estimate of drug-likeness (QED) is 0.812. The molecule has 2 aromatic rings. The normalized spacial score (nSPS) is 12.4. The number of carbonyl (C=O) groups is 1. The van der Waals surface area contributed by atoms with Crippen LogP contribution in [0.2, 0.25) is 0 Å². The van der Waals surface area contributed by atoms with Gasteiger partial charge in [-0.05, 0) is 42.0 Å². The van der Waals surface area contributed by atoms with Crippen molar-refractivity contribution in [1.29, 1.82) is 0 Å². The van der Waals surface area contributed by atoms with Gasteiger partial charge >= 0.3 is 5.97 Å². The summed E-state index contributed by atoms with van der Waals surface area (Å²) in [6, 6.07) is 9.93. The van der Waals surface area contributed by atoms with Gasteiger partial charge in [0, 0.05) is 6.42 Å². The zero-order valence-corrected chi connectivity index (χ0v) is 14.5. The van der Waals surface area contributed by atoms with Crippen LogP contribution in [0, 0.1) is 5.82 Å². The highest BCUT2D eigenvalue weighted by atomic mass is 32.2. The molecule has 1 atom stereocenters. The van der Waals surface area contributed by atoms with Crippen LogP contribution >= 0.6 is 0 Å². The summed E-state index contributed by atoms with van der Waals surface area (Å²) < 4.78 is 43.4. The number of rotatable bonds is 7. The second kappa shape index (κ2) is 7.52. The van der Waals surface area contributed by atoms with Crippen molar-refractivity contribution in [3.63, 3.8) is 0 Å². The lowest BCUT2D eigenvalue weighted by atomic mass is 10.1. The number of nitrogens with zero attached hydrogens (tertiary/aromatic N) is 1. The van der Waals surface area contributed by atoms with E-state index in [4.69, 9.17) is 4.74 Å². The topological polar surface area (TPSA) is 83.9 Å². The van der Waals surface area contributed by atoms with Crippen LogP contribution in [0.5, 0.6) is 5.75 Å². The number of methoxy groups -OCH3 is 1. The average Bonchev–Trinajstić information content (AvgIpc) is 2.55. The number of hydrogen-bond donors (Lipinski definition) is 1. The van der Waals surface area contributed by atoms with Gasteiger partial charge in [-0.1, -0.05) is 12.1 Å². The minimum Gasteiger partial charge on any atom is -0.497 e. The Hall–Kier alpha value is -2.61. The first-order valence-electron chi connectivity index (χ1n) is 7.33. The molecular weight excluding hydrogens is 349 g/mol. The first-order valence-corrected chi connectivity index (χ1v) is 9.18. The molecule has 0 bridgehead atoms. The van der Waals surface area contributed by atoms with Gasteiger partial charge in [-0.25, -0.2) is 17.6 Å². The zero-order valence-electron chi connectivity index (χ0n) is 13.7. The molecule has 0 saturated carbocycles. The second-order valence-electron chi connectivity index (χ2n) is 5.44. The number of ether oxygens (including phenoxy) is 1. The monoisotopic (exact) mass is 367 g/mol. The van der Waals surface area contributed by atoms with E-state index in [0.29, 0.717) is 11.3 Å². The third kappa shape index (κ3) is 4.69. The van der Waals surface area contributed by atoms with Crippen molar-refractivity contribution in [2.24, 2.45) is 0 Å². The lowest BCUT2D eigenvalue weighted by Crippen LogP contribution is -2.46. The van der Waals surface area contributed by atoms with E-state index >= 15 is 0 Å². The van der Waals surface area contributed by atoms with Crippen molar-refractivity contribution in [1.82, 2.24) is 0 Å². The van der Waals surface area contributed by atoms with Gasteiger partial charge < -0.3 is 9.84 Å². The highest BCUT2D eigenvalue weighted by molar-refractivity contribution is 7.92. The summed E-state index contributed by atoms with van der Waals surface area (Å²) >= 11 is 0. The molecule has 0 aliphatic rings. The summed E-state index contributed by atoms with van der Waals surface area (Å²) in [7, 11) is -2.39. The fourth-order valence-corrected chi connectivity index (χ4v) is 3.58. The first-order chi connectivity index (χ1) is 11.7. The molecule has 134 valence electrons. The van der Waals surface area contributed by atoms with Crippen molar-refractivity contribution in [2.75, 3.05) is 17.7 Å². The van der Waals surface area contributed by atoms with Crippen molar-refractivity contribution in [2.45, 2.75) is 12.5 Å². The lowest BCUT2D eigenvalue weighted by molar-refractivity contribution is -0.138. The van der Waals surface area contributed by atoms with Crippen molar-refractivity contribution in [3.05, 3.63) is 59.9 Å². The molecule has 8 heteroatoms. The van der Waals surface area contributed by atoms with E-state index in [1.165, 1.54) is 19.2 Å². The number of anilines is 1. The summed E-state index contributed by atoms with van der Waals surface area (Å²) in [6.07, 6.45) is 0.865. The SMILES string of the molecule is COc1ccc(C[C@@H](C(=O)O)N(c2ccc(F)cc2)S(C)(=O)=O)cc1. The Balaban J connectivity index is 2.42. The molecule has 0 aliphatic heterocycles. The van der Waals surface area contributed by atoms with E-state index < -0.39 is 27.9 Å². The Morgan fingerprint density at radius 3 is 2.16 bits per heavy atom. The fourth-order valence-electron chi connectivity index (χ4n) is 2.45. The summed E-state index contributed by atoms with van der Waals surface area (Å²) in [5, 5.41) is 9.58. The van der Waals surface area contributed by atoms with Crippen LogP contribution in [-0.4, -0.2) is 38.9 Å². The molecule has 0 fully saturated rings. The second-order valence-corrected chi connectivity index (χ2v) is 7.30. The number of halogens is 1. The standard InChI is InChI=1S/C17H18FNO5S/c1-24-15-9-3-12(4-10-15)11-16(17(20)21)19(25(2,22)23)14-7-5-13(18)6-8-14/h3-10,16H,11H2,1-2H3,(H,20,21)/t16-/m0/s1. The van der Waals surface area contributed by atoms with Gasteiger partial charge in [0.2, 0.25) is 10.0 Å². The Morgan fingerprint density at radius 2 is 1.72 bits per heavy atom. The molecule has 2 rings (SSSR count). The molecule has 0 heterocycles. The lowest BCUT2D eigenvalue weighted by Gasteiger charge is -2.29. The molecule has 0 unspecified atom stereocenters. The molecule has 6 nitrogen and oxygen atoms in total. The third-order valence-electron chi connectivity index (χ3n) is 3.59. The molecule has 0 spiro atoms. The largest absolute Gasteiger partial charge is 0.497 e. The van der Waals surface area contributed by atoms with E-state index in [9.17, 15) is 22.7 Å². The van der Waals surface area contributed by atoms with Crippen molar-refractivity contribution >= 4 is 21.7 Å². The average molecular weight is 367 g/mol. The van der Waals surface area contributed by atoms with E-state index in [1.54, 1.807) is 24.3 Å². The van der Waals surface area contributed by atoms with Crippen molar-refractivity contribution < 1.29 is 27.4 Å². The maximum Gasteiger partial charge on any atom is 0.327 e. The third-order valence-corrected chi connectivity index (χ3v) is 4.77. The maximum absolute atomic E-state index is 13.1. The predicted molar refractivity (Wildman–Crippen MR) is 91.8 cm³/mol. The highest BCUT2D eigenvalue weighted by Crippen LogP contribution is 2.24. The molecule has 0 radical (unpaired) electrons.